The van der Waals surface area contributed by atoms with E-state index in [4.69, 9.17) is 51.1 Å². The van der Waals surface area contributed by atoms with Crippen molar-refractivity contribution >= 4 is 75.4 Å². The number of hydrogen-bond donors (Lipinski definition) is 0. The lowest BCUT2D eigenvalue weighted by atomic mass is 10.1. The van der Waals surface area contributed by atoms with Crippen LogP contribution in [0, 0.1) is 6.92 Å². The number of halogens is 4. The lowest BCUT2D eigenvalue weighted by Crippen LogP contribution is -2.27. The Labute approximate surface area is 221 Å². The largest absolute Gasteiger partial charge is 0.486 e. The average molecular weight is 553 g/mol. The smallest absolute Gasteiger partial charge is 0.293 e. The van der Waals surface area contributed by atoms with E-state index in [0.29, 0.717) is 26.3 Å². The lowest BCUT2D eigenvalue weighted by Gasteiger charge is -2.13. The summed E-state index contributed by atoms with van der Waals surface area (Å²) in [5, 5.41) is 1.10. The van der Waals surface area contributed by atoms with Gasteiger partial charge in [0.05, 0.1) is 31.5 Å². The molecule has 0 aliphatic carbocycles. The first-order valence-electron chi connectivity index (χ1n) is 10.1. The van der Waals surface area contributed by atoms with Gasteiger partial charge in [-0.3, -0.25) is 14.5 Å². The molecule has 0 aromatic heterocycles. The number of hydrogen-bond acceptors (Lipinski definition) is 4. The van der Waals surface area contributed by atoms with Crippen LogP contribution in [0.1, 0.15) is 22.3 Å². The number of aryl methyl sites for hydroxylation is 1. The zero-order valence-corrected chi connectivity index (χ0v) is 21.6. The van der Waals surface area contributed by atoms with Gasteiger partial charge in [-0.25, -0.2) is 0 Å². The molecule has 3 aromatic rings. The van der Waals surface area contributed by atoms with Crippen LogP contribution in [-0.2, 0) is 17.9 Å². The molecule has 1 aliphatic rings. The standard InChI is InChI=1S/C25H17Cl4NO3S/c1-14-2-4-15(5-3-14)12-30-24(31)22(34-25(30)32)11-17-9-20(28)23(21(29)10-17)33-13-16-6-7-18(26)19(27)8-16/h2-11H,12-13H2,1H3/b22-11-. The van der Waals surface area contributed by atoms with Gasteiger partial charge in [0.25, 0.3) is 11.1 Å². The second-order valence-electron chi connectivity index (χ2n) is 7.60. The third-order valence-corrected chi connectivity index (χ3v) is 7.23. The van der Waals surface area contributed by atoms with Crippen molar-refractivity contribution in [1.29, 1.82) is 0 Å². The number of imide groups is 1. The van der Waals surface area contributed by atoms with E-state index < -0.39 is 0 Å². The van der Waals surface area contributed by atoms with Crippen LogP contribution in [0.2, 0.25) is 20.1 Å². The molecule has 0 radical (unpaired) electrons. The number of carbonyl (C=O) groups is 2. The molecule has 0 atom stereocenters. The zero-order chi connectivity index (χ0) is 24.4. The Kier molecular flexibility index (Phi) is 7.80. The highest BCUT2D eigenvalue weighted by Gasteiger charge is 2.35. The summed E-state index contributed by atoms with van der Waals surface area (Å²) in [6.07, 6.45) is 1.60. The van der Waals surface area contributed by atoms with Crippen molar-refractivity contribution in [3.05, 3.63) is 102 Å². The van der Waals surface area contributed by atoms with E-state index in [2.05, 4.69) is 0 Å². The fourth-order valence-electron chi connectivity index (χ4n) is 3.25. The summed E-state index contributed by atoms with van der Waals surface area (Å²) in [6, 6.07) is 16.1. The van der Waals surface area contributed by atoms with Gasteiger partial charge in [0.2, 0.25) is 0 Å². The van der Waals surface area contributed by atoms with Crippen molar-refractivity contribution in [3.63, 3.8) is 0 Å². The summed E-state index contributed by atoms with van der Waals surface area (Å²) >= 11 is 25.7. The van der Waals surface area contributed by atoms with Gasteiger partial charge in [-0.1, -0.05) is 82.3 Å². The van der Waals surface area contributed by atoms with E-state index >= 15 is 0 Å². The molecule has 2 amide bonds. The number of nitrogens with zero attached hydrogens (tertiary/aromatic N) is 1. The molecule has 1 heterocycles. The number of carbonyl (C=O) groups excluding carboxylic acids is 2. The maximum Gasteiger partial charge on any atom is 0.293 e. The molecule has 1 aliphatic heterocycles. The Morgan fingerprint density at radius 2 is 1.50 bits per heavy atom. The summed E-state index contributed by atoms with van der Waals surface area (Å²) < 4.78 is 5.78. The van der Waals surface area contributed by atoms with Gasteiger partial charge in [-0.15, -0.1) is 0 Å². The number of benzene rings is 3. The van der Waals surface area contributed by atoms with Gasteiger partial charge in [0.1, 0.15) is 6.61 Å². The molecule has 9 heteroatoms. The number of ether oxygens (including phenoxy) is 1. The van der Waals surface area contributed by atoms with Crippen LogP contribution < -0.4 is 4.74 Å². The Hall–Kier alpha value is -2.15. The fourth-order valence-corrected chi connectivity index (χ4v) is 5.02. The van der Waals surface area contributed by atoms with Crippen LogP contribution in [0.15, 0.2) is 59.5 Å². The normalized spacial score (nSPS) is 14.9. The summed E-state index contributed by atoms with van der Waals surface area (Å²) in [5.41, 5.74) is 3.37. The molecule has 0 saturated carbocycles. The molecule has 0 spiro atoms. The molecule has 0 unspecified atom stereocenters. The highest BCUT2D eigenvalue weighted by atomic mass is 35.5. The Bertz CT molecular complexity index is 1290. The minimum absolute atomic E-state index is 0.188. The zero-order valence-electron chi connectivity index (χ0n) is 17.8. The maximum absolute atomic E-state index is 12.8. The van der Waals surface area contributed by atoms with Crippen molar-refractivity contribution in [3.8, 4) is 5.75 Å². The second kappa shape index (κ2) is 10.6. The van der Waals surface area contributed by atoms with Crippen molar-refractivity contribution in [2.45, 2.75) is 20.1 Å². The predicted molar refractivity (Wildman–Crippen MR) is 140 cm³/mol. The van der Waals surface area contributed by atoms with Gasteiger partial charge in [-0.2, -0.15) is 0 Å². The summed E-state index contributed by atoms with van der Waals surface area (Å²) in [7, 11) is 0. The first-order chi connectivity index (χ1) is 16.2. The first kappa shape index (κ1) is 25.0. The van der Waals surface area contributed by atoms with Crippen molar-refractivity contribution in [1.82, 2.24) is 4.90 Å². The van der Waals surface area contributed by atoms with E-state index in [0.717, 1.165) is 28.5 Å². The average Bonchev–Trinajstić information content (AvgIpc) is 3.04. The summed E-state index contributed by atoms with van der Waals surface area (Å²) in [4.78, 5) is 26.8. The topological polar surface area (TPSA) is 46.6 Å². The van der Waals surface area contributed by atoms with E-state index in [1.807, 2.05) is 31.2 Å². The van der Waals surface area contributed by atoms with Crippen LogP contribution in [0.5, 0.6) is 5.75 Å². The van der Waals surface area contributed by atoms with Gasteiger partial charge in [0, 0.05) is 0 Å². The van der Waals surface area contributed by atoms with Gasteiger partial charge in [0.15, 0.2) is 5.75 Å². The van der Waals surface area contributed by atoms with Crippen LogP contribution in [0.4, 0.5) is 4.79 Å². The first-order valence-corrected chi connectivity index (χ1v) is 12.4. The molecular formula is C25H17Cl4NO3S. The van der Waals surface area contributed by atoms with Crippen LogP contribution in [0.3, 0.4) is 0 Å². The van der Waals surface area contributed by atoms with Crippen LogP contribution >= 0.6 is 58.2 Å². The van der Waals surface area contributed by atoms with Gasteiger partial charge < -0.3 is 4.74 Å². The number of rotatable bonds is 6. The Morgan fingerprint density at radius 1 is 0.853 bits per heavy atom. The summed E-state index contributed by atoms with van der Waals surface area (Å²) in [5.74, 6) is -0.0539. The molecule has 4 nitrogen and oxygen atoms in total. The molecule has 0 bridgehead atoms. The third kappa shape index (κ3) is 5.73. The molecule has 1 saturated heterocycles. The SMILES string of the molecule is Cc1ccc(CN2C(=O)S/C(=C\c3cc(Cl)c(OCc4ccc(Cl)c(Cl)c4)c(Cl)c3)C2=O)cc1. The molecule has 1 fully saturated rings. The molecule has 4 rings (SSSR count). The van der Waals surface area contributed by atoms with E-state index in [9.17, 15) is 9.59 Å². The Balaban J connectivity index is 1.49. The third-order valence-electron chi connectivity index (χ3n) is 5.02. The van der Waals surface area contributed by atoms with Gasteiger partial charge in [-0.05, 0) is 65.7 Å². The van der Waals surface area contributed by atoms with Crippen molar-refractivity contribution in [2.24, 2.45) is 0 Å². The highest BCUT2D eigenvalue weighted by molar-refractivity contribution is 8.18. The van der Waals surface area contributed by atoms with E-state index in [1.54, 1.807) is 36.4 Å². The minimum atomic E-state index is -0.359. The highest BCUT2D eigenvalue weighted by Crippen LogP contribution is 2.38. The number of thioether (sulfide) groups is 1. The minimum Gasteiger partial charge on any atom is -0.486 e. The monoisotopic (exact) mass is 551 g/mol. The predicted octanol–water partition coefficient (Wildman–Crippen LogP) is 8.42. The molecular weight excluding hydrogens is 536 g/mol. The molecule has 34 heavy (non-hydrogen) atoms. The van der Waals surface area contributed by atoms with Gasteiger partial charge >= 0.3 is 0 Å². The molecule has 174 valence electrons. The van der Waals surface area contributed by atoms with Crippen molar-refractivity contribution in [2.75, 3.05) is 0 Å². The maximum atomic E-state index is 12.8. The van der Waals surface area contributed by atoms with Crippen LogP contribution in [0.25, 0.3) is 6.08 Å². The lowest BCUT2D eigenvalue weighted by molar-refractivity contribution is -0.123. The van der Waals surface area contributed by atoms with Crippen molar-refractivity contribution < 1.29 is 14.3 Å². The Morgan fingerprint density at radius 3 is 2.15 bits per heavy atom. The molecule has 3 aromatic carbocycles. The fraction of sp³-hybridized carbons (Fsp3) is 0.120. The second-order valence-corrected chi connectivity index (χ2v) is 10.2. The van der Waals surface area contributed by atoms with E-state index in [-0.39, 0.29) is 34.3 Å². The van der Waals surface area contributed by atoms with Crippen LogP contribution in [-0.4, -0.2) is 16.0 Å². The number of amides is 2. The van der Waals surface area contributed by atoms with E-state index in [1.165, 1.54) is 4.90 Å². The summed E-state index contributed by atoms with van der Waals surface area (Å²) in [6.45, 7) is 2.38. The molecule has 0 N–H and O–H groups in total. The quantitative estimate of drug-likeness (QED) is 0.288.